The quantitative estimate of drug-likeness (QED) is 0.832. The molecule has 1 aromatic carbocycles. The highest BCUT2D eigenvalue weighted by molar-refractivity contribution is 7.88. The molecule has 116 valence electrons. The summed E-state index contributed by atoms with van der Waals surface area (Å²) >= 11 is 0. The summed E-state index contributed by atoms with van der Waals surface area (Å²) in [6, 6.07) is 8.46. The molecule has 1 aliphatic rings. The van der Waals surface area contributed by atoms with Crippen LogP contribution in [0.2, 0.25) is 0 Å². The topological polar surface area (TPSA) is 92.5 Å². The summed E-state index contributed by atoms with van der Waals surface area (Å²) in [5, 5.41) is 2.90. The maximum Gasteiger partial charge on any atom is 0.241 e. The van der Waals surface area contributed by atoms with E-state index in [-0.39, 0.29) is 11.9 Å². The van der Waals surface area contributed by atoms with Gasteiger partial charge in [-0.25, -0.2) is 12.7 Å². The number of hydrogen-bond acceptors (Lipinski definition) is 4. The second kappa shape index (κ2) is 6.55. The zero-order chi connectivity index (χ0) is 15.5. The number of nitrogens with zero attached hydrogens (tertiary/aromatic N) is 1. The van der Waals surface area contributed by atoms with Crippen LogP contribution in [0.4, 0.5) is 0 Å². The molecule has 0 bridgehead atoms. The number of rotatable bonds is 4. The van der Waals surface area contributed by atoms with Gasteiger partial charge in [-0.05, 0) is 18.4 Å². The Labute approximate surface area is 125 Å². The van der Waals surface area contributed by atoms with Crippen molar-refractivity contribution in [3.63, 3.8) is 0 Å². The van der Waals surface area contributed by atoms with Crippen LogP contribution in [0.1, 0.15) is 24.4 Å². The van der Waals surface area contributed by atoms with Crippen molar-refractivity contribution in [1.29, 1.82) is 0 Å². The summed E-state index contributed by atoms with van der Waals surface area (Å²) in [6.07, 6.45) is 2.43. The Morgan fingerprint density at radius 2 is 1.86 bits per heavy atom. The van der Waals surface area contributed by atoms with Crippen LogP contribution in [0.3, 0.4) is 0 Å². The lowest BCUT2D eigenvalue weighted by Gasteiger charge is -2.31. The third-order valence-electron chi connectivity index (χ3n) is 3.71. The van der Waals surface area contributed by atoms with Crippen LogP contribution in [-0.4, -0.2) is 44.0 Å². The molecule has 0 saturated carbocycles. The van der Waals surface area contributed by atoms with Crippen molar-refractivity contribution in [2.75, 3.05) is 19.3 Å². The maximum absolute atomic E-state index is 12.1. The van der Waals surface area contributed by atoms with Gasteiger partial charge >= 0.3 is 0 Å². The van der Waals surface area contributed by atoms with Gasteiger partial charge in [0.2, 0.25) is 15.9 Å². The van der Waals surface area contributed by atoms with E-state index in [9.17, 15) is 13.2 Å². The van der Waals surface area contributed by atoms with Gasteiger partial charge in [-0.2, -0.15) is 0 Å². The molecule has 1 aliphatic heterocycles. The number of sulfonamides is 1. The minimum absolute atomic E-state index is 0.0229. The molecule has 3 N–H and O–H groups in total. The summed E-state index contributed by atoms with van der Waals surface area (Å²) in [6.45, 7) is 0.870. The molecule has 1 amide bonds. The van der Waals surface area contributed by atoms with E-state index in [0.717, 1.165) is 5.56 Å². The van der Waals surface area contributed by atoms with Gasteiger partial charge in [0.1, 0.15) is 6.04 Å². The number of amides is 1. The largest absolute Gasteiger partial charge is 0.352 e. The zero-order valence-corrected chi connectivity index (χ0v) is 12.8. The predicted molar refractivity (Wildman–Crippen MR) is 81.0 cm³/mol. The number of benzene rings is 1. The molecule has 1 unspecified atom stereocenters. The molecule has 6 nitrogen and oxygen atoms in total. The number of piperidine rings is 1. The fourth-order valence-electron chi connectivity index (χ4n) is 2.43. The fraction of sp³-hybridized carbons (Fsp3) is 0.500. The first-order valence-corrected chi connectivity index (χ1v) is 8.79. The number of carbonyl (C=O) groups excluding carboxylic acids is 1. The first-order chi connectivity index (χ1) is 9.88. The van der Waals surface area contributed by atoms with E-state index in [4.69, 9.17) is 5.73 Å². The third kappa shape index (κ3) is 4.26. The molecular formula is C14H21N3O3S. The summed E-state index contributed by atoms with van der Waals surface area (Å²) in [7, 11) is -3.14. The van der Waals surface area contributed by atoms with Gasteiger partial charge in [0.15, 0.2) is 0 Å². The van der Waals surface area contributed by atoms with Gasteiger partial charge in [0, 0.05) is 19.1 Å². The summed E-state index contributed by atoms with van der Waals surface area (Å²) in [5.41, 5.74) is 6.70. The number of hydrogen-bond donors (Lipinski definition) is 2. The van der Waals surface area contributed by atoms with Gasteiger partial charge in [-0.15, -0.1) is 0 Å². The Morgan fingerprint density at radius 1 is 1.29 bits per heavy atom. The van der Waals surface area contributed by atoms with Crippen molar-refractivity contribution in [3.05, 3.63) is 35.9 Å². The Bertz CT molecular complexity index is 581. The van der Waals surface area contributed by atoms with Gasteiger partial charge in [0.05, 0.1) is 6.26 Å². The normalized spacial score (nSPS) is 19.1. The lowest BCUT2D eigenvalue weighted by Crippen LogP contribution is -2.48. The molecule has 1 heterocycles. The molecular weight excluding hydrogens is 290 g/mol. The van der Waals surface area contributed by atoms with Crippen LogP contribution in [0, 0.1) is 0 Å². The molecule has 2 rings (SSSR count). The van der Waals surface area contributed by atoms with Gasteiger partial charge < -0.3 is 11.1 Å². The summed E-state index contributed by atoms with van der Waals surface area (Å²) in [5.74, 6) is -0.223. The van der Waals surface area contributed by atoms with Crippen LogP contribution in [0.25, 0.3) is 0 Å². The van der Waals surface area contributed by atoms with E-state index in [1.807, 2.05) is 30.3 Å². The molecule has 1 saturated heterocycles. The van der Waals surface area contributed by atoms with E-state index in [0.29, 0.717) is 25.9 Å². The second-order valence-corrected chi connectivity index (χ2v) is 7.32. The Kier molecular flexibility index (Phi) is 4.97. The van der Waals surface area contributed by atoms with Crippen LogP contribution in [-0.2, 0) is 14.8 Å². The van der Waals surface area contributed by atoms with Crippen LogP contribution < -0.4 is 11.1 Å². The minimum Gasteiger partial charge on any atom is -0.352 e. The van der Waals surface area contributed by atoms with Crippen molar-refractivity contribution in [1.82, 2.24) is 9.62 Å². The molecule has 0 aliphatic carbocycles. The molecule has 21 heavy (non-hydrogen) atoms. The smallest absolute Gasteiger partial charge is 0.241 e. The second-order valence-electron chi connectivity index (χ2n) is 5.33. The fourth-order valence-corrected chi connectivity index (χ4v) is 3.31. The lowest BCUT2D eigenvalue weighted by molar-refractivity contribution is -0.123. The number of nitrogens with one attached hydrogen (secondary N) is 1. The minimum atomic E-state index is -3.14. The van der Waals surface area contributed by atoms with E-state index in [1.165, 1.54) is 10.6 Å². The third-order valence-corrected chi connectivity index (χ3v) is 5.01. The average molecular weight is 311 g/mol. The average Bonchev–Trinajstić information content (AvgIpc) is 2.47. The Morgan fingerprint density at radius 3 is 2.38 bits per heavy atom. The molecule has 7 heteroatoms. The lowest BCUT2D eigenvalue weighted by atomic mass is 10.0. The molecule has 0 radical (unpaired) electrons. The molecule has 1 fully saturated rings. The molecule has 0 spiro atoms. The van der Waals surface area contributed by atoms with Crippen molar-refractivity contribution < 1.29 is 13.2 Å². The first kappa shape index (κ1) is 15.9. The highest BCUT2D eigenvalue weighted by Gasteiger charge is 2.27. The zero-order valence-electron chi connectivity index (χ0n) is 12.0. The predicted octanol–water partition coefficient (Wildman–Crippen LogP) is 0.227. The van der Waals surface area contributed by atoms with E-state index < -0.39 is 16.1 Å². The molecule has 1 atom stereocenters. The van der Waals surface area contributed by atoms with Crippen LogP contribution in [0.5, 0.6) is 0 Å². The van der Waals surface area contributed by atoms with Crippen molar-refractivity contribution in [3.8, 4) is 0 Å². The molecule has 0 aromatic heterocycles. The first-order valence-electron chi connectivity index (χ1n) is 6.94. The van der Waals surface area contributed by atoms with Crippen LogP contribution >= 0.6 is 0 Å². The maximum atomic E-state index is 12.1. The van der Waals surface area contributed by atoms with Gasteiger partial charge in [-0.1, -0.05) is 30.3 Å². The van der Waals surface area contributed by atoms with Crippen LogP contribution in [0.15, 0.2) is 30.3 Å². The summed E-state index contributed by atoms with van der Waals surface area (Å²) in [4.78, 5) is 12.1. The van der Waals surface area contributed by atoms with Crippen molar-refractivity contribution >= 4 is 15.9 Å². The van der Waals surface area contributed by atoms with Crippen molar-refractivity contribution in [2.45, 2.75) is 24.9 Å². The number of nitrogens with two attached hydrogens (primary N) is 1. The highest BCUT2D eigenvalue weighted by atomic mass is 32.2. The standard InChI is InChI=1S/C14H21N3O3S/c1-21(19,20)17-9-7-12(8-10-17)16-14(18)13(15)11-5-3-2-4-6-11/h2-6,12-13H,7-10,15H2,1H3,(H,16,18). The van der Waals surface area contributed by atoms with E-state index >= 15 is 0 Å². The van der Waals surface area contributed by atoms with Crippen molar-refractivity contribution in [2.24, 2.45) is 5.73 Å². The van der Waals surface area contributed by atoms with Gasteiger partial charge in [-0.3, -0.25) is 4.79 Å². The Hall–Kier alpha value is -1.44. The highest BCUT2D eigenvalue weighted by Crippen LogP contribution is 2.15. The Balaban J connectivity index is 1.87. The van der Waals surface area contributed by atoms with Gasteiger partial charge in [0.25, 0.3) is 0 Å². The molecule has 1 aromatic rings. The van der Waals surface area contributed by atoms with E-state index in [2.05, 4.69) is 5.32 Å². The number of carbonyl (C=O) groups is 1. The monoisotopic (exact) mass is 311 g/mol. The summed E-state index contributed by atoms with van der Waals surface area (Å²) < 4.78 is 24.3. The SMILES string of the molecule is CS(=O)(=O)N1CCC(NC(=O)C(N)c2ccccc2)CC1. The van der Waals surface area contributed by atoms with E-state index in [1.54, 1.807) is 0 Å².